The minimum Gasteiger partial charge on any atom is -0.382 e. The summed E-state index contributed by atoms with van der Waals surface area (Å²) in [4.78, 5) is 0.307. The van der Waals surface area contributed by atoms with Crippen LogP contribution < -0.4 is 10.0 Å². The first kappa shape index (κ1) is 15.3. The fourth-order valence-corrected chi connectivity index (χ4v) is 3.43. The third-order valence-electron chi connectivity index (χ3n) is 4.12. The van der Waals surface area contributed by atoms with Crippen LogP contribution >= 0.6 is 0 Å². The molecule has 0 amide bonds. The molecule has 112 valence electrons. The van der Waals surface area contributed by atoms with E-state index in [4.69, 9.17) is 0 Å². The van der Waals surface area contributed by atoms with E-state index in [0.29, 0.717) is 16.4 Å². The SMILES string of the molecule is CNS(=O)(=O)c1cccc(NC2CCC(C)(C)CC2)c1. The van der Waals surface area contributed by atoms with Gasteiger partial charge in [0.05, 0.1) is 4.90 Å². The Morgan fingerprint density at radius 3 is 2.45 bits per heavy atom. The third kappa shape index (κ3) is 3.73. The Bertz CT molecular complexity index is 557. The molecule has 2 rings (SSSR count). The predicted octanol–water partition coefficient (Wildman–Crippen LogP) is 2.98. The molecule has 1 aliphatic carbocycles. The van der Waals surface area contributed by atoms with Crippen LogP contribution in [0.15, 0.2) is 29.2 Å². The lowest BCUT2D eigenvalue weighted by atomic mass is 9.75. The summed E-state index contributed by atoms with van der Waals surface area (Å²) in [5.74, 6) is 0. The standard InChI is InChI=1S/C15H24N2O2S/c1-15(2)9-7-12(8-10-15)17-13-5-4-6-14(11-13)20(18,19)16-3/h4-6,11-12,16-17H,7-10H2,1-3H3. The first-order chi connectivity index (χ1) is 9.32. The number of hydrogen-bond acceptors (Lipinski definition) is 3. The van der Waals surface area contributed by atoms with E-state index in [1.165, 1.54) is 19.9 Å². The quantitative estimate of drug-likeness (QED) is 0.898. The van der Waals surface area contributed by atoms with Crippen molar-refractivity contribution in [3.8, 4) is 0 Å². The van der Waals surface area contributed by atoms with Crippen molar-refractivity contribution in [3.05, 3.63) is 24.3 Å². The average molecular weight is 296 g/mol. The van der Waals surface area contributed by atoms with Gasteiger partial charge in [0.1, 0.15) is 0 Å². The lowest BCUT2D eigenvalue weighted by Crippen LogP contribution is -2.30. The highest BCUT2D eigenvalue weighted by atomic mass is 32.2. The number of rotatable bonds is 4. The van der Waals surface area contributed by atoms with Gasteiger partial charge in [-0.3, -0.25) is 0 Å². The monoisotopic (exact) mass is 296 g/mol. The van der Waals surface area contributed by atoms with Crippen molar-refractivity contribution in [1.82, 2.24) is 4.72 Å². The second kappa shape index (κ2) is 5.74. The van der Waals surface area contributed by atoms with Crippen molar-refractivity contribution < 1.29 is 8.42 Å². The summed E-state index contributed by atoms with van der Waals surface area (Å²) in [7, 11) is -1.94. The van der Waals surface area contributed by atoms with Gasteiger partial charge in [-0.25, -0.2) is 13.1 Å². The molecule has 0 unspecified atom stereocenters. The Morgan fingerprint density at radius 1 is 1.20 bits per heavy atom. The zero-order valence-corrected chi connectivity index (χ0v) is 13.3. The lowest BCUT2D eigenvalue weighted by molar-refractivity contribution is 0.232. The number of sulfonamides is 1. The van der Waals surface area contributed by atoms with Gasteiger partial charge in [-0.15, -0.1) is 0 Å². The molecule has 1 aromatic rings. The van der Waals surface area contributed by atoms with Gasteiger partial charge in [0, 0.05) is 11.7 Å². The Balaban J connectivity index is 2.06. The van der Waals surface area contributed by atoms with E-state index < -0.39 is 10.0 Å². The summed E-state index contributed by atoms with van der Waals surface area (Å²) >= 11 is 0. The number of anilines is 1. The molecule has 0 atom stereocenters. The maximum atomic E-state index is 11.8. The molecule has 0 bridgehead atoms. The summed E-state index contributed by atoms with van der Waals surface area (Å²) in [5, 5.41) is 3.46. The van der Waals surface area contributed by atoms with Gasteiger partial charge < -0.3 is 5.32 Å². The number of nitrogens with one attached hydrogen (secondary N) is 2. The summed E-state index contributed by atoms with van der Waals surface area (Å²) in [6, 6.07) is 7.45. The van der Waals surface area contributed by atoms with Crippen LogP contribution in [0.3, 0.4) is 0 Å². The zero-order chi connectivity index (χ0) is 14.8. The topological polar surface area (TPSA) is 58.2 Å². The minimum absolute atomic E-state index is 0.307. The van der Waals surface area contributed by atoms with Crippen LogP contribution in [0.5, 0.6) is 0 Å². The molecule has 0 aromatic heterocycles. The molecule has 1 fully saturated rings. The van der Waals surface area contributed by atoms with Gasteiger partial charge in [0.15, 0.2) is 0 Å². The Kier molecular flexibility index (Phi) is 4.39. The van der Waals surface area contributed by atoms with E-state index in [1.54, 1.807) is 18.2 Å². The van der Waals surface area contributed by atoms with E-state index in [0.717, 1.165) is 18.5 Å². The van der Waals surface area contributed by atoms with Crippen molar-refractivity contribution >= 4 is 15.7 Å². The average Bonchev–Trinajstić information content (AvgIpc) is 2.42. The first-order valence-electron chi connectivity index (χ1n) is 7.13. The summed E-state index contributed by atoms with van der Waals surface area (Å²) in [6.07, 6.45) is 4.68. The van der Waals surface area contributed by atoms with Crippen LogP contribution in [-0.2, 0) is 10.0 Å². The molecule has 20 heavy (non-hydrogen) atoms. The van der Waals surface area contributed by atoms with Gasteiger partial charge in [0.2, 0.25) is 10.0 Å². The minimum atomic E-state index is -3.37. The van der Waals surface area contributed by atoms with E-state index in [9.17, 15) is 8.42 Å². The van der Waals surface area contributed by atoms with Gasteiger partial charge in [-0.05, 0) is 56.3 Å². The molecule has 5 heteroatoms. The summed E-state index contributed by atoms with van der Waals surface area (Å²) in [5.41, 5.74) is 1.32. The molecule has 1 aliphatic rings. The van der Waals surface area contributed by atoms with Crippen LogP contribution in [0.25, 0.3) is 0 Å². The van der Waals surface area contributed by atoms with Crippen LogP contribution in [0, 0.1) is 5.41 Å². The Morgan fingerprint density at radius 2 is 1.85 bits per heavy atom. The van der Waals surface area contributed by atoms with Crippen LogP contribution in [0.4, 0.5) is 5.69 Å². The predicted molar refractivity (Wildman–Crippen MR) is 82.3 cm³/mol. The van der Waals surface area contributed by atoms with Gasteiger partial charge >= 0.3 is 0 Å². The smallest absolute Gasteiger partial charge is 0.240 e. The molecule has 0 spiro atoms. The highest BCUT2D eigenvalue weighted by Crippen LogP contribution is 2.36. The van der Waals surface area contributed by atoms with Crippen molar-refractivity contribution in [3.63, 3.8) is 0 Å². The molecular formula is C15H24N2O2S. The van der Waals surface area contributed by atoms with Gasteiger partial charge in [-0.1, -0.05) is 19.9 Å². The molecule has 0 saturated heterocycles. The van der Waals surface area contributed by atoms with Crippen molar-refractivity contribution in [2.45, 2.75) is 50.5 Å². The third-order valence-corrected chi connectivity index (χ3v) is 5.54. The van der Waals surface area contributed by atoms with Crippen LogP contribution in [0.1, 0.15) is 39.5 Å². The van der Waals surface area contributed by atoms with E-state index in [-0.39, 0.29) is 0 Å². The van der Waals surface area contributed by atoms with Crippen molar-refractivity contribution in [2.75, 3.05) is 12.4 Å². The molecule has 1 saturated carbocycles. The second-order valence-corrected chi connectivity index (χ2v) is 8.20. The van der Waals surface area contributed by atoms with E-state index >= 15 is 0 Å². The summed E-state index contributed by atoms with van der Waals surface area (Å²) in [6.45, 7) is 4.62. The lowest BCUT2D eigenvalue weighted by Gasteiger charge is -2.35. The molecule has 1 aromatic carbocycles. The number of benzene rings is 1. The molecule has 0 heterocycles. The van der Waals surface area contributed by atoms with Crippen LogP contribution in [0.2, 0.25) is 0 Å². The van der Waals surface area contributed by atoms with E-state index in [2.05, 4.69) is 23.9 Å². The largest absolute Gasteiger partial charge is 0.382 e. The maximum Gasteiger partial charge on any atom is 0.240 e. The number of hydrogen-bond donors (Lipinski definition) is 2. The molecule has 4 nitrogen and oxygen atoms in total. The fourth-order valence-electron chi connectivity index (χ4n) is 2.65. The molecule has 0 aliphatic heterocycles. The molecule has 2 N–H and O–H groups in total. The Hall–Kier alpha value is -1.07. The van der Waals surface area contributed by atoms with Crippen LogP contribution in [-0.4, -0.2) is 21.5 Å². The van der Waals surface area contributed by atoms with Gasteiger partial charge in [0.25, 0.3) is 0 Å². The second-order valence-electron chi connectivity index (χ2n) is 6.32. The highest BCUT2D eigenvalue weighted by molar-refractivity contribution is 7.89. The fraction of sp³-hybridized carbons (Fsp3) is 0.600. The zero-order valence-electron chi connectivity index (χ0n) is 12.4. The van der Waals surface area contributed by atoms with Crippen molar-refractivity contribution in [2.24, 2.45) is 5.41 Å². The van der Waals surface area contributed by atoms with Gasteiger partial charge in [-0.2, -0.15) is 0 Å². The normalized spacial score (nSPS) is 19.8. The highest BCUT2D eigenvalue weighted by Gasteiger charge is 2.26. The Labute approximate surface area is 122 Å². The first-order valence-corrected chi connectivity index (χ1v) is 8.61. The molecule has 0 radical (unpaired) electrons. The van der Waals surface area contributed by atoms with Crippen molar-refractivity contribution in [1.29, 1.82) is 0 Å². The maximum absolute atomic E-state index is 11.8. The van der Waals surface area contributed by atoms with E-state index in [1.807, 2.05) is 6.07 Å². The molecular weight excluding hydrogens is 272 g/mol. The summed E-state index contributed by atoms with van der Waals surface area (Å²) < 4.78 is 25.9.